The van der Waals surface area contributed by atoms with E-state index >= 15 is 0 Å². The third-order valence-corrected chi connectivity index (χ3v) is 3.54. The second-order valence-corrected chi connectivity index (χ2v) is 5.34. The van der Waals surface area contributed by atoms with E-state index in [0.29, 0.717) is 6.04 Å². The lowest BCUT2D eigenvalue weighted by Crippen LogP contribution is -2.18. The van der Waals surface area contributed by atoms with Gasteiger partial charge in [-0.3, -0.25) is 4.79 Å². The van der Waals surface area contributed by atoms with Crippen molar-refractivity contribution in [3.63, 3.8) is 0 Å². The predicted octanol–water partition coefficient (Wildman–Crippen LogP) is 3.80. The average molecular weight is 282 g/mol. The maximum atomic E-state index is 11.0. The van der Waals surface area contributed by atoms with Gasteiger partial charge in [0.25, 0.3) is 0 Å². The van der Waals surface area contributed by atoms with Crippen LogP contribution in [-0.4, -0.2) is 5.91 Å². The fourth-order valence-corrected chi connectivity index (χ4v) is 2.36. The van der Waals surface area contributed by atoms with Gasteiger partial charge in [-0.2, -0.15) is 0 Å². The Kier molecular flexibility index (Phi) is 5.12. The van der Waals surface area contributed by atoms with E-state index in [-0.39, 0.29) is 5.91 Å². The standard InChI is InChI=1S/C18H22N2O/c1-13-6-4-5-7-18(13)14(2)19-12-16-8-10-17(11-9-16)20-15(3)21/h4-11,14,19H,12H2,1-3H3,(H,20,21)/t14-/m0/s1. The number of carbonyl (C=O) groups excluding carboxylic acids is 1. The first-order valence-electron chi connectivity index (χ1n) is 7.21. The number of aryl methyl sites for hydroxylation is 1. The molecule has 0 radical (unpaired) electrons. The van der Waals surface area contributed by atoms with Gasteiger partial charge in [-0.15, -0.1) is 0 Å². The fourth-order valence-electron chi connectivity index (χ4n) is 2.36. The van der Waals surface area contributed by atoms with E-state index in [4.69, 9.17) is 0 Å². The maximum Gasteiger partial charge on any atom is 0.221 e. The molecule has 0 fully saturated rings. The van der Waals surface area contributed by atoms with Gasteiger partial charge in [0.15, 0.2) is 0 Å². The molecule has 2 aromatic carbocycles. The first kappa shape index (κ1) is 15.3. The summed E-state index contributed by atoms with van der Waals surface area (Å²) in [6, 6.07) is 16.7. The van der Waals surface area contributed by atoms with Gasteiger partial charge >= 0.3 is 0 Å². The van der Waals surface area contributed by atoms with E-state index < -0.39 is 0 Å². The Morgan fingerprint density at radius 1 is 1.10 bits per heavy atom. The van der Waals surface area contributed by atoms with E-state index in [2.05, 4.69) is 48.7 Å². The number of rotatable bonds is 5. The summed E-state index contributed by atoms with van der Waals surface area (Å²) < 4.78 is 0. The quantitative estimate of drug-likeness (QED) is 0.875. The molecule has 0 saturated carbocycles. The molecule has 0 saturated heterocycles. The summed E-state index contributed by atoms with van der Waals surface area (Å²) in [5, 5.41) is 6.30. The second kappa shape index (κ2) is 7.04. The van der Waals surface area contributed by atoms with Crippen molar-refractivity contribution < 1.29 is 4.79 Å². The molecule has 21 heavy (non-hydrogen) atoms. The van der Waals surface area contributed by atoms with Gasteiger partial charge in [0.05, 0.1) is 0 Å². The Hall–Kier alpha value is -2.13. The molecule has 1 atom stereocenters. The van der Waals surface area contributed by atoms with E-state index in [0.717, 1.165) is 12.2 Å². The summed E-state index contributed by atoms with van der Waals surface area (Å²) >= 11 is 0. The SMILES string of the molecule is CC(=O)Nc1ccc(CN[C@@H](C)c2ccccc2C)cc1. The van der Waals surface area contributed by atoms with Crippen molar-refractivity contribution in [2.75, 3.05) is 5.32 Å². The Labute approximate surface area is 126 Å². The number of benzene rings is 2. The van der Waals surface area contributed by atoms with Crippen LogP contribution < -0.4 is 10.6 Å². The monoisotopic (exact) mass is 282 g/mol. The largest absolute Gasteiger partial charge is 0.326 e. The first-order valence-corrected chi connectivity index (χ1v) is 7.21. The summed E-state index contributed by atoms with van der Waals surface area (Å²) in [6.07, 6.45) is 0. The van der Waals surface area contributed by atoms with E-state index in [1.165, 1.54) is 23.6 Å². The molecule has 0 spiro atoms. The number of hydrogen-bond acceptors (Lipinski definition) is 2. The Morgan fingerprint density at radius 2 is 1.76 bits per heavy atom. The van der Waals surface area contributed by atoms with Crippen LogP contribution in [0, 0.1) is 6.92 Å². The molecule has 0 aromatic heterocycles. The lowest BCUT2D eigenvalue weighted by Gasteiger charge is -2.16. The highest BCUT2D eigenvalue weighted by Crippen LogP contribution is 2.17. The van der Waals surface area contributed by atoms with Crippen LogP contribution in [0.3, 0.4) is 0 Å². The molecule has 0 aliphatic heterocycles. The van der Waals surface area contributed by atoms with Crippen LogP contribution in [0.2, 0.25) is 0 Å². The molecule has 3 heteroatoms. The summed E-state index contributed by atoms with van der Waals surface area (Å²) in [5.74, 6) is -0.0472. The molecule has 2 N–H and O–H groups in total. The molecule has 110 valence electrons. The van der Waals surface area contributed by atoms with Crippen molar-refractivity contribution in [1.29, 1.82) is 0 Å². The highest BCUT2D eigenvalue weighted by molar-refractivity contribution is 5.88. The van der Waals surface area contributed by atoms with Gasteiger partial charge in [-0.25, -0.2) is 0 Å². The zero-order valence-electron chi connectivity index (χ0n) is 12.8. The molecule has 0 heterocycles. The lowest BCUT2D eigenvalue weighted by molar-refractivity contribution is -0.114. The zero-order chi connectivity index (χ0) is 15.2. The number of anilines is 1. The predicted molar refractivity (Wildman–Crippen MR) is 87.2 cm³/mol. The van der Waals surface area contributed by atoms with E-state index in [1.54, 1.807) is 0 Å². The number of hydrogen-bond donors (Lipinski definition) is 2. The molecule has 0 aliphatic rings. The van der Waals surface area contributed by atoms with Crippen molar-refractivity contribution in [3.8, 4) is 0 Å². The van der Waals surface area contributed by atoms with Gasteiger partial charge in [0, 0.05) is 25.2 Å². The van der Waals surface area contributed by atoms with E-state index in [1.807, 2.05) is 24.3 Å². The Bertz CT molecular complexity index is 605. The molecule has 0 aliphatic carbocycles. The third-order valence-electron chi connectivity index (χ3n) is 3.54. The minimum atomic E-state index is -0.0472. The first-order chi connectivity index (χ1) is 10.1. The van der Waals surface area contributed by atoms with Crippen LogP contribution in [0.1, 0.15) is 36.6 Å². The van der Waals surface area contributed by atoms with Crippen molar-refractivity contribution in [2.24, 2.45) is 0 Å². The van der Waals surface area contributed by atoms with Crippen molar-refractivity contribution >= 4 is 11.6 Å². The number of amides is 1. The topological polar surface area (TPSA) is 41.1 Å². The minimum absolute atomic E-state index is 0.0472. The van der Waals surface area contributed by atoms with Crippen LogP contribution in [-0.2, 0) is 11.3 Å². The molecule has 3 nitrogen and oxygen atoms in total. The normalized spacial score (nSPS) is 12.0. The summed E-state index contributed by atoms with van der Waals surface area (Å²) in [4.78, 5) is 11.0. The number of nitrogens with one attached hydrogen (secondary N) is 2. The number of carbonyl (C=O) groups is 1. The summed E-state index contributed by atoms with van der Waals surface area (Å²) in [5.41, 5.74) is 4.66. The molecular formula is C18H22N2O. The van der Waals surface area contributed by atoms with Crippen LogP contribution >= 0.6 is 0 Å². The van der Waals surface area contributed by atoms with Crippen molar-refractivity contribution in [3.05, 3.63) is 65.2 Å². The van der Waals surface area contributed by atoms with Gasteiger partial charge in [-0.1, -0.05) is 36.4 Å². The highest BCUT2D eigenvalue weighted by atomic mass is 16.1. The fraction of sp³-hybridized carbons (Fsp3) is 0.278. The average Bonchev–Trinajstić information content (AvgIpc) is 2.46. The van der Waals surface area contributed by atoms with Crippen LogP contribution in [0.25, 0.3) is 0 Å². The second-order valence-electron chi connectivity index (χ2n) is 5.34. The highest BCUT2D eigenvalue weighted by Gasteiger charge is 2.07. The summed E-state index contributed by atoms with van der Waals surface area (Å²) in [6.45, 7) is 6.62. The lowest BCUT2D eigenvalue weighted by atomic mass is 10.0. The van der Waals surface area contributed by atoms with Gasteiger partial charge in [0.1, 0.15) is 0 Å². The Morgan fingerprint density at radius 3 is 2.38 bits per heavy atom. The van der Waals surface area contributed by atoms with E-state index in [9.17, 15) is 4.79 Å². The zero-order valence-corrected chi connectivity index (χ0v) is 12.8. The van der Waals surface area contributed by atoms with Crippen LogP contribution in [0.5, 0.6) is 0 Å². The molecule has 0 bridgehead atoms. The molecule has 1 amide bonds. The Balaban J connectivity index is 1.94. The van der Waals surface area contributed by atoms with Gasteiger partial charge < -0.3 is 10.6 Å². The summed E-state index contributed by atoms with van der Waals surface area (Å²) in [7, 11) is 0. The van der Waals surface area contributed by atoms with Crippen LogP contribution in [0.4, 0.5) is 5.69 Å². The molecular weight excluding hydrogens is 260 g/mol. The molecule has 2 aromatic rings. The molecule has 2 rings (SSSR count). The van der Waals surface area contributed by atoms with Crippen molar-refractivity contribution in [2.45, 2.75) is 33.4 Å². The van der Waals surface area contributed by atoms with Crippen molar-refractivity contribution in [1.82, 2.24) is 5.32 Å². The van der Waals surface area contributed by atoms with Gasteiger partial charge in [0.2, 0.25) is 5.91 Å². The third kappa shape index (κ3) is 4.43. The smallest absolute Gasteiger partial charge is 0.221 e. The van der Waals surface area contributed by atoms with Gasteiger partial charge in [-0.05, 0) is 42.7 Å². The van der Waals surface area contributed by atoms with Crippen LogP contribution in [0.15, 0.2) is 48.5 Å². The minimum Gasteiger partial charge on any atom is -0.326 e. The maximum absolute atomic E-state index is 11.0. The molecule has 0 unspecified atom stereocenters.